The summed E-state index contributed by atoms with van der Waals surface area (Å²) in [4.78, 5) is 14.8. The van der Waals surface area contributed by atoms with Crippen molar-refractivity contribution in [3.8, 4) is 0 Å². The van der Waals surface area contributed by atoms with Crippen LogP contribution in [0.1, 0.15) is 54.9 Å². The molecule has 2 atom stereocenters. The third kappa shape index (κ3) is 2.59. The van der Waals surface area contributed by atoms with Crippen molar-refractivity contribution in [1.82, 2.24) is 4.90 Å². The Bertz CT molecular complexity index is 528. The van der Waals surface area contributed by atoms with Crippen LogP contribution in [0.2, 0.25) is 0 Å². The van der Waals surface area contributed by atoms with Crippen molar-refractivity contribution in [2.45, 2.75) is 51.6 Å². The number of aliphatic hydroxyl groups is 1. The molecule has 3 nitrogen and oxygen atoms in total. The van der Waals surface area contributed by atoms with Gasteiger partial charge >= 0.3 is 0 Å². The monoisotopic (exact) mass is 287 g/mol. The highest BCUT2D eigenvalue weighted by Crippen LogP contribution is 2.45. The molecule has 1 saturated carbocycles. The third-order valence-corrected chi connectivity index (χ3v) is 5.38. The van der Waals surface area contributed by atoms with E-state index in [1.807, 2.05) is 29.2 Å². The first-order valence-electron chi connectivity index (χ1n) is 8.21. The van der Waals surface area contributed by atoms with E-state index >= 15 is 0 Å². The number of likely N-dealkylation sites (tertiary alicyclic amines) is 1. The molecule has 2 fully saturated rings. The van der Waals surface area contributed by atoms with Gasteiger partial charge in [-0.2, -0.15) is 0 Å². The van der Waals surface area contributed by atoms with Gasteiger partial charge in [0.15, 0.2) is 0 Å². The minimum absolute atomic E-state index is 0.0327. The maximum atomic E-state index is 12.9. The van der Waals surface area contributed by atoms with E-state index in [2.05, 4.69) is 6.92 Å². The normalized spacial score (nSPS) is 29.0. The van der Waals surface area contributed by atoms with Crippen molar-refractivity contribution in [1.29, 1.82) is 0 Å². The molecule has 0 bridgehead atoms. The van der Waals surface area contributed by atoms with Crippen LogP contribution in [0.15, 0.2) is 24.3 Å². The number of hydrogen-bond acceptors (Lipinski definition) is 2. The van der Waals surface area contributed by atoms with E-state index in [4.69, 9.17) is 0 Å². The summed E-state index contributed by atoms with van der Waals surface area (Å²) >= 11 is 0. The Morgan fingerprint density at radius 1 is 1.33 bits per heavy atom. The van der Waals surface area contributed by atoms with Crippen LogP contribution in [0.5, 0.6) is 0 Å². The molecule has 1 aliphatic carbocycles. The van der Waals surface area contributed by atoms with Crippen molar-refractivity contribution in [2.24, 2.45) is 5.41 Å². The van der Waals surface area contributed by atoms with Crippen LogP contribution in [0.3, 0.4) is 0 Å². The third-order valence-electron chi connectivity index (χ3n) is 5.38. The van der Waals surface area contributed by atoms with Crippen LogP contribution in [-0.2, 0) is 6.42 Å². The van der Waals surface area contributed by atoms with Crippen molar-refractivity contribution in [2.75, 3.05) is 13.1 Å². The first kappa shape index (κ1) is 14.6. The highest BCUT2D eigenvalue weighted by atomic mass is 16.3. The van der Waals surface area contributed by atoms with Crippen LogP contribution < -0.4 is 0 Å². The molecule has 0 aromatic heterocycles. The highest BCUT2D eigenvalue weighted by molar-refractivity contribution is 5.95. The Morgan fingerprint density at radius 3 is 2.81 bits per heavy atom. The summed E-state index contributed by atoms with van der Waals surface area (Å²) in [5, 5.41) is 10.3. The fourth-order valence-electron chi connectivity index (χ4n) is 4.14. The van der Waals surface area contributed by atoms with E-state index in [-0.39, 0.29) is 17.4 Å². The van der Waals surface area contributed by atoms with Crippen LogP contribution >= 0.6 is 0 Å². The molecular weight excluding hydrogens is 262 g/mol. The topological polar surface area (TPSA) is 40.5 Å². The number of piperidine rings is 1. The Morgan fingerprint density at radius 2 is 2.10 bits per heavy atom. The van der Waals surface area contributed by atoms with Crippen LogP contribution in [0.4, 0.5) is 0 Å². The highest BCUT2D eigenvalue weighted by Gasteiger charge is 2.45. The zero-order valence-corrected chi connectivity index (χ0v) is 12.8. The van der Waals surface area contributed by atoms with Gasteiger partial charge in [-0.05, 0) is 43.7 Å². The van der Waals surface area contributed by atoms with E-state index in [1.54, 1.807) is 0 Å². The molecule has 21 heavy (non-hydrogen) atoms. The summed E-state index contributed by atoms with van der Waals surface area (Å²) in [6.07, 6.45) is 5.78. The van der Waals surface area contributed by atoms with Gasteiger partial charge in [0.05, 0.1) is 6.10 Å². The van der Waals surface area contributed by atoms with Gasteiger partial charge in [-0.3, -0.25) is 4.79 Å². The van der Waals surface area contributed by atoms with E-state index in [9.17, 15) is 9.90 Å². The van der Waals surface area contributed by atoms with Crippen LogP contribution in [0, 0.1) is 5.41 Å². The van der Waals surface area contributed by atoms with Crippen molar-refractivity contribution < 1.29 is 9.90 Å². The molecule has 1 aromatic carbocycles. The smallest absolute Gasteiger partial charge is 0.254 e. The van der Waals surface area contributed by atoms with Gasteiger partial charge in [-0.25, -0.2) is 0 Å². The predicted molar refractivity (Wildman–Crippen MR) is 83.2 cm³/mol. The van der Waals surface area contributed by atoms with Gasteiger partial charge < -0.3 is 10.0 Å². The Balaban J connectivity index is 1.81. The number of hydrogen-bond donors (Lipinski definition) is 1. The summed E-state index contributed by atoms with van der Waals surface area (Å²) in [5.41, 5.74) is 1.92. The zero-order valence-electron chi connectivity index (χ0n) is 12.8. The molecule has 1 aliphatic heterocycles. The number of rotatable bonds is 2. The average Bonchev–Trinajstić information content (AvgIpc) is 2.87. The van der Waals surface area contributed by atoms with Gasteiger partial charge in [0.25, 0.3) is 5.91 Å². The molecule has 1 aromatic rings. The molecule has 1 heterocycles. The number of aryl methyl sites for hydroxylation is 1. The number of nitrogens with zero attached hydrogens (tertiary/aromatic N) is 1. The summed E-state index contributed by atoms with van der Waals surface area (Å²) in [5.74, 6) is 0.144. The summed E-state index contributed by atoms with van der Waals surface area (Å²) < 4.78 is 0. The number of aliphatic hydroxyl groups excluding tert-OH is 1. The second-order valence-corrected chi connectivity index (χ2v) is 6.61. The molecule has 0 radical (unpaired) electrons. The quantitative estimate of drug-likeness (QED) is 0.908. The molecule has 0 unspecified atom stereocenters. The number of carbonyl (C=O) groups is 1. The van der Waals surface area contributed by atoms with E-state index < -0.39 is 0 Å². The lowest BCUT2D eigenvalue weighted by atomic mass is 9.76. The lowest BCUT2D eigenvalue weighted by Gasteiger charge is -2.42. The van der Waals surface area contributed by atoms with Gasteiger partial charge in [0, 0.05) is 24.1 Å². The fourth-order valence-corrected chi connectivity index (χ4v) is 4.14. The molecule has 2 aliphatic rings. The molecule has 1 spiro atoms. The SMILES string of the molecule is CCc1ccccc1C(=O)N1CCC[C@]2(CCC[C@H]2O)C1. The summed E-state index contributed by atoms with van der Waals surface area (Å²) in [7, 11) is 0. The van der Waals surface area contributed by atoms with Gasteiger partial charge in [0.2, 0.25) is 0 Å². The first-order valence-corrected chi connectivity index (χ1v) is 8.21. The Kier molecular flexibility index (Phi) is 4.03. The fraction of sp³-hybridized carbons (Fsp3) is 0.611. The standard InChI is InChI=1S/C18H25NO2/c1-2-14-7-3-4-8-15(14)17(21)19-12-6-11-18(13-19)10-5-9-16(18)20/h3-4,7-8,16,20H,2,5-6,9-13H2,1H3/t16-,18-/m1/s1. The van der Waals surface area contributed by atoms with E-state index in [0.717, 1.165) is 62.7 Å². The second kappa shape index (κ2) is 5.80. The first-order chi connectivity index (χ1) is 10.2. The maximum absolute atomic E-state index is 12.9. The second-order valence-electron chi connectivity index (χ2n) is 6.61. The van der Waals surface area contributed by atoms with Gasteiger partial charge in [-0.15, -0.1) is 0 Å². The summed E-state index contributed by atoms with van der Waals surface area (Å²) in [6.45, 7) is 3.64. The van der Waals surface area contributed by atoms with Crippen LogP contribution in [0.25, 0.3) is 0 Å². The molecule has 1 N–H and O–H groups in total. The Hall–Kier alpha value is -1.35. The molecule has 3 heteroatoms. The van der Waals surface area contributed by atoms with Crippen molar-refractivity contribution in [3.05, 3.63) is 35.4 Å². The number of benzene rings is 1. The van der Waals surface area contributed by atoms with Crippen molar-refractivity contribution >= 4 is 5.91 Å². The van der Waals surface area contributed by atoms with Gasteiger partial charge in [-0.1, -0.05) is 31.5 Å². The molecule has 1 amide bonds. The largest absolute Gasteiger partial charge is 0.392 e. The van der Waals surface area contributed by atoms with E-state index in [1.165, 1.54) is 0 Å². The molecule has 114 valence electrons. The maximum Gasteiger partial charge on any atom is 0.254 e. The minimum Gasteiger partial charge on any atom is -0.392 e. The lowest BCUT2D eigenvalue weighted by Crippen LogP contribution is -2.49. The summed E-state index contributed by atoms with van der Waals surface area (Å²) in [6, 6.07) is 7.91. The number of amides is 1. The predicted octanol–water partition coefficient (Wildman–Crippen LogP) is 3.02. The number of carbonyl (C=O) groups excluding carboxylic acids is 1. The Labute approximate surface area is 127 Å². The lowest BCUT2D eigenvalue weighted by molar-refractivity contribution is -0.00539. The minimum atomic E-state index is -0.227. The van der Waals surface area contributed by atoms with Crippen LogP contribution in [-0.4, -0.2) is 35.1 Å². The van der Waals surface area contributed by atoms with Crippen molar-refractivity contribution in [3.63, 3.8) is 0 Å². The molecular formula is C18H25NO2. The molecule has 1 saturated heterocycles. The van der Waals surface area contributed by atoms with E-state index in [0.29, 0.717) is 0 Å². The average molecular weight is 287 g/mol. The van der Waals surface area contributed by atoms with Gasteiger partial charge in [0.1, 0.15) is 0 Å². The molecule has 3 rings (SSSR count). The zero-order chi connectivity index (χ0) is 14.9.